The number of aryl methyl sites for hydroxylation is 1. The van der Waals surface area contributed by atoms with Crippen LogP contribution in [0.3, 0.4) is 0 Å². The van der Waals surface area contributed by atoms with Gasteiger partial charge in [-0.05, 0) is 5.92 Å². The minimum atomic E-state index is 0.525. The van der Waals surface area contributed by atoms with Gasteiger partial charge in [-0.3, -0.25) is 0 Å². The minimum absolute atomic E-state index is 0.525. The lowest BCUT2D eigenvalue weighted by atomic mass is 10.2. The second-order valence-electron chi connectivity index (χ2n) is 3.50. The van der Waals surface area contributed by atoms with Crippen LogP contribution in [-0.2, 0) is 17.8 Å². The van der Waals surface area contributed by atoms with Crippen LogP contribution in [0.15, 0.2) is 6.33 Å². The second kappa shape index (κ2) is 8.15. The van der Waals surface area contributed by atoms with Crippen molar-refractivity contribution in [3.05, 3.63) is 12.2 Å². The molecule has 0 aromatic carbocycles. The molecule has 0 spiro atoms. The molecule has 0 N–H and O–H groups in total. The van der Waals surface area contributed by atoms with Gasteiger partial charge in [-0.15, -0.1) is 10.2 Å². The minimum Gasteiger partial charge on any atom is -0.317 e. The fourth-order valence-corrected chi connectivity index (χ4v) is 1.21. The van der Waals surface area contributed by atoms with E-state index in [1.807, 2.05) is 18.4 Å². The number of carbonyl (C=O) groups is 1. The van der Waals surface area contributed by atoms with Gasteiger partial charge in [0.05, 0.1) is 0 Å². The lowest BCUT2D eigenvalue weighted by molar-refractivity contribution is -0.107. The number of aldehydes is 1. The zero-order valence-corrected chi connectivity index (χ0v) is 10.1. The average molecular weight is 211 g/mol. The number of hydrogen-bond acceptors (Lipinski definition) is 3. The first kappa shape index (κ1) is 13.8. The summed E-state index contributed by atoms with van der Waals surface area (Å²) < 4.78 is 2.01. The standard InChI is InChI=1S/C9H15N3O.C2H6/c1-8(2)6-12-7-10-11-9(12)4-3-5-13;1-2/h5,7-8H,3-4,6H2,1-2H3;1-2H3. The fraction of sp³-hybridized carbons (Fsp3) is 0.727. The fourth-order valence-electron chi connectivity index (χ4n) is 1.21. The zero-order valence-electron chi connectivity index (χ0n) is 10.1. The Kier molecular flexibility index (Phi) is 7.50. The molecule has 1 aromatic rings. The predicted octanol–water partition coefficient (Wildman–Crippen LogP) is 2.09. The summed E-state index contributed by atoms with van der Waals surface area (Å²) >= 11 is 0. The second-order valence-corrected chi connectivity index (χ2v) is 3.50. The number of carbonyl (C=O) groups excluding carboxylic acids is 1. The summed E-state index contributed by atoms with van der Waals surface area (Å²) in [5.74, 6) is 1.48. The molecule has 1 rings (SSSR count). The third-order valence-electron chi connectivity index (χ3n) is 1.74. The van der Waals surface area contributed by atoms with Crippen LogP contribution in [0.4, 0.5) is 0 Å². The number of nitrogens with zero attached hydrogens (tertiary/aromatic N) is 3. The first-order valence-corrected chi connectivity index (χ1v) is 5.54. The van der Waals surface area contributed by atoms with Crippen molar-refractivity contribution < 1.29 is 4.79 Å². The van der Waals surface area contributed by atoms with E-state index in [9.17, 15) is 4.79 Å². The van der Waals surface area contributed by atoms with Gasteiger partial charge in [0.25, 0.3) is 0 Å². The molecule has 0 saturated heterocycles. The predicted molar refractivity (Wildman–Crippen MR) is 60.6 cm³/mol. The third-order valence-corrected chi connectivity index (χ3v) is 1.74. The molecule has 86 valence electrons. The topological polar surface area (TPSA) is 47.8 Å². The van der Waals surface area contributed by atoms with Gasteiger partial charge >= 0.3 is 0 Å². The van der Waals surface area contributed by atoms with E-state index in [0.717, 1.165) is 18.7 Å². The summed E-state index contributed by atoms with van der Waals surface area (Å²) in [6.45, 7) is 9.20. The van der Waals surface area contributed by atoms with Crippen molar-refractivity contribution in [1.82, 2.24) is 14.8 Å². The van der Waals surface area contributed by atoms with E-state index in [1.54, 1.807) is 6.33 Å². The van der Waals surface area contributed by atoms with E-state index in [2.05, 4.69) is 24.0 Å². The van der Waals surface area contributed by atoms with Crippen LogP contribution in [0.25, 0.3) is 0 Å². The lowest BCUT2D eigenvalue weighted by Gasteiger charge is -2.07. The van der Waals surface area contributed by atoms with Crippen molar-refractivity contribution in [2.75, 3.05) is 0 Å². The molecule has 1 heterocycles. The van der Waals surface area contributed by atoms with Gasteiger partial charge in [-0.2, -0.15) is 0 Å². The van der Waals surface area contributed by atoms with Gasteiger partial charge in [0.1, 0.15) is 18.4 Å². The van der Waals surface area contributed by atoms with Crippen LogP contribution in [-0.4, -0.2) is 21.1 Å². The van der Waals surface area contributed by atoms with Gasteiger partial charge in [0.15, 0.2) is 0 Å². The molecular weight excluding hydrogens is 190 g/mol. The van der Waals surface area contributed by atoms with E-state index in [4.69, 9.17) is 0 Å². The van der Waals surface area contributed by atoms with Crippen molar-refractivity contribution in [2.24, 2.45) is 5.92 Å². The Morgan fingerprint density at radius 1 is 1.47 bits per heavy atom. The number of aromatic nitrogens is 3. The zero-order chi connectivity index (χ0) is 11.7. The molecule has 0 aliphatic heterocycles. The van der Waals surface area contributed by atoms with Gasteiger partial charge < -0.3 is 9.36 Å². The van der Waals surface area contributed by atoms with Crippen LogP contribution in [0, 0.1) is 5.92 Å². The van der Waals surface area contributed by atoms with E-state index in [0.29, 0.717) is 18.8 Å². The Morgan fingerprint density at radius 3 is 2.67 bits per heavy atom. The lowest BCUT2D eigenvalue weighted by Crippen LogP contribution is -2.07. The van der Waals surface area contributed by atoms with Crippen LogP contribution in [0.1, 0.15) is 39.9 Å². The molecule has 4 nitrogen and oxygen atoms in total. The highest BCUT2D eigenvalue weighted by atomic mass is 16.1. The highest BCUT2D eigenvalue weighted by Crippen LogP contribution is 2.03. The summed E-state index contributed by atoms with van der Waals surface area (Å²) in [6.07, 6.45) is 3.85. The van der Waals surface area contributed by atoms with Crippen LogP contribution >= 0.6 is 0 Å². The van der Waals surface area contributed by atoms with Crippen molar-refractivity contribution in [3.63, 3.8) is 0 Å². The average Bonchev–Trinajstić information content (AvgIpc) is 2.64. The highest BCUT2D eigenvalue weighted by molar-refractivity contribution is 5.49. The Morgan fingerprint density at radius 2 is 2.13 bits per heavy atom. The molecule has 0 aliphatic carbocycles. The van der Waals surface area contributed by atoms with Gasteiger partial charge in [-0.1, -0.05) is 27.7 Å². The molecular formula is C11H21N3O. The quantitative estimate of drug-likeness (QED) is 0.701. The molecule has 0 amide bonds. The normalized spacial score (nSPS) is 9.67. The maximum absolute atomic E-state index is 10.2. The SMILES string of the molecule is CC.CC(C)Cn1cnnc1CCC=O. The van der Waals surface area contributed by atoms with Crippen molar-refractivity contribution in [1.29, 1.82) is 0 Å². The molecule has 1 aromatic heterocycles. The van der Waals surface area contributed by atoms with E-state index in [-0.39, 0.29) is 0 Å². The molecule has 0 atom stereocenters. The summed E-state index contributed by atoms with van der Waals surface area (Å²) in [7, 11) is 0. The van der Waals surface area contributed by atoms with E-state index < -0.39 is 0 Å². The maximum atomic E-state index is 10.2. The smallest absolute Gasteiger partial charge is 0.133 e. The van der Waals surface area contributed by atoms with E-state index >= 15 is 0 Å². The maximum Gasteiger partial charge on any atom is 0.133 e. The Balaban J connectivity index is 0.000000921. The molecule has 0 aliphatic rings. The van der Waals surface area contributed by atoms with Crippen LogP contribution in [0.2, 0.25) is 0 Å². The summed E-state index contributed by atoms with van der Waals surface area (Å²) in [5, 5.41) is 7.79. The van der Waals surface area contributed by atoms with Crippen molar-refractivity contribution >= 4 is 6.29 Å². The molecule has 0 unspecified atom stereocenters. The summed E-state index contributed by atoms with van der Waals surface area (Å²) in [5.41, 5.74) is 0. The van der Waals surface area contributed by atoms with Crippen molar-refractivity contribution in [3.8, 4) is 0 Å². The molecule has 0 fully saturated rings. The summed E-state index contributed by atoms with van der Waals surface area (Å²) in [4.78, 5) is 10.2. The van der Waals surface area contributed by atoms with Crippen LogP contribution < -0.4 is 0 Å². The molecule has 4 heteroatoms. The van der Waals surface area contributed by atoms with E-state index in [1.165, 1.54) is 0 Å². The number of rotatable bonds is 5. The Hall–Kier alpha value is -1.19. The number of hydrogen-bond donors (Lipinski definition) is 0. The van der Waals surface area contributed by atoms with Crippen LogP contribution in [0.5, 0.6) is 0 Å². The van der Waals surface area contributed by atoms with Gasteiger partial charge in [0, 0.05) is 19.4 Å². The van der Waals surface area contributed by atoms with Crippen molar-refractivity contribution in [2.45, 2.75) is 47.1 Å². The largest absolute Gasteiger partial charge is 0.317 e. The molecule has 15 heavy (non-hydrogen) atoms. The monoisotopic (exact) mass is 211 g/mol. The Bertz CT molecular complexity index is 269. The molecule has 0 bridgehead atoms. The van der Waals surface area contributed by atoms with Gasteiger partial charge in [0.2, 0.25) is 0 Å². The Labute approximate surface area is 91.7 Å². The molecule has 0 radical (unpaired) electrons. The first-order chi connectivity index (χ1) is 7.24. The first-order valence-electron chi connectivity index (χ1n) is 5.54. The molecule has 0 saturated carbocycles. The third kappa shape index (κ3) is 5.30. The summed E-state index contributed by atoms with van der Waals surface area (Å²) in [6, 6.07) is 0. The van der Waals surface area contributed by atoms with Gasteiger partial charge in [-0.25, -0.2) is 0 Å². The highest BCUT2D eigenvalue weighted by Gasteiger charge is 2.04.